The molecule has 2 heterocycles. The maximum Gasteiger partial charge on any atom is 0.262 e. The number of amides is 1. The molecule has 0 saturated carbocycles. The van der Waals surface area contributed by atoms with Crippen molar-refractivity contribution < 1.29 is 4.79 Å². The number of carbonyl (C=O) groups is 1. The van der Waals surface area contributed by atoms with Gasteiger partial charge in [-0.15, -0.1) is 11.3 Å². The number of benzene rings is 2. The molecule has 0 saturated heterocycles. The van der Waals surface area contributed by atoms with Crippen molar-refractivity contribution in [3.63, 3.8) is 0 Å². The maximum absolute atomic E-state index is 12.8. The van der Waals surface area contributed by atoms with Gasteiger partial charge in [0.15, 0.2) is 5.13 Å². The van der Waals surface area contributed by atoms with E-state index in [1.807, 2.05) is 30.3 Å². The minimum absolute atomic E-state index is 0.298. The molecule has 4 aromatic rings. The predicted octanol–water partition coefficient (Wildman–Crippen LogP) is 5.50. The summed E-state index contributed by atoms with van der Waals surface area (Å²) >= 11 is 7.95. The van der Waals surface area contributed by atoms with Crippen molar-refractivity contribution in [1.29, 1.82) is 0 Å². The third kappa shape index (κ3) is 4.61. The molecule has 0 spiro atoms. The molecule has 0 bridgehead atoms. The molecule has 30 heavy (non-hydrogen) atoms. The Kier molecular flexibility index (Phi) is 5.97. The van der Waals surface area contributed by atoms with E-state index in [9.17, 15) is 4.79 Å². The first-order chi connectivity index (χ1) is 14.5. The minimum atomic E-state index is -0.298. The molecule has 0 aliphatic heterocycles. The van der Waals surface area contributed by atoms with Crippen LogP contribution in [0.4, 0.5) is 5.13 Å². The summed E-state index contributed by atoms with van der Waals surface area (Å²) in [5.41, 5.74) is 4.47. The Balaban J connectivity index is 1.46. The number of thiazole rings is 1. The fraction of sp³-hybridized carbons (Fsp3) is 0.174. The summed E-state index contributed by atoms with van der Waals surface area (Å²) in [5.74, 6) is -0.298. The predicted molar refractivity (Wildman–Crippen MR) is 122 cm³/mol. The fourth-order valence-corrected chi connectivity index (χ4v) is 4.35. The second-order valence-electron chi connectivity index (χ2n) is 7.14. The normalized spacial score (nSPS) is 10.9. The third-order valence-corrected chi connectivity index (χ3v) is 6.04. The van der Waals surface area contributed by atoms with E-state index < -0.39 is 0 Å². The molecule has 1 N–H and O–H groups in total. The number of nitrogens with zero attached hydrogens (tertiary/aromatic N) is 3. The molecular formula is C23H21ClN4OS. The van der Waals surface area contributed by atoms with Crippen LogP contribution in [0.3, 0.4) is 0 Å². The van der Waals surface area contributed by atoms with Gasteiger partial charge in [0.2, 0.25) is 0 Å². The summed E-state index contributed by atoms with van der Waals surface area (Å²) in [6.45, 7) is 4.36. The number of aryl methyl sites for hydroxylation is 2. The van der Waals surface area contributed by atoms with Crippen molar-refractivity contribution in [2.45, 2.75) is 26.8 Å². The van der Waals surface area contributed by atoms with Crippen LogP contribution in [0.1, 0.15) is 37.6 Å². The van der Waals surface area contributed by atoms with Crippen LogP contribution in [0, 0.1) is 13.8 Å². The van der Waals surface area contributed by atoms with Crippen LogP contribution in [-0.2, 0) is 13.0 Å². The number of hydrogen-bond donors (Lipinski definition) is 1. The maximum atomic E-state index is 12.8. The van der Waals surface area contributed by atoms with Crippen LogP contribution in [0.15, 0.2) is 60.8 Å². The Morgan fingerprint density at radius 3 is 2.53 bits per heavy atom. The van der Waals surface area contributed by atoms with Gasteiger partial charge in [0.25, 0.3) is 5.91 Å². The van der Waals surface area contributed by atoms with Gasteiger partial charge in [0.05, 0.1) is 17.8 Å². The van der Waals surface area contributed by atoms with Gasteiger partial charge in [0, 0.05) is 17.5 Å². The van der Waals surface area contributed by atoms with Gasteiger partial charge in [-0.25, -0.2) is 9.67 Å². The van der Waals surface area contributed by atoms with E-state index in [0.29, 0.717) is 28.1 Å². The Morgan fingerprint density at radius 1 is 1.07 bits per heavy atom. The van der Waals surface area contributed by atoms with E-state index >= 15 is 0 Å². The van der Waals surface area contributed by atoms with Crippen molar-refractivity contribution in [3.8, 4) is 0 Å². The topological polar surface area (TPSA) is 59.8 Å². The zero-order chi connectivity index (χ0) is 21.1. The first-order valence-corrected chi connectivity index (χ1v) is 10.8. The lowest BCUT2D eigenvalue weighted by Crippen LogP contribution is -2.13. The molecule has 0 aliphatic carbocycles. The average molecular weight is 437 g/mol. The number of anilines is 1. The van der Waals surface area contributed by atoms with Gasteiger partial charge < -0.3 is 0 Å². The van der Waals surface area contributed by atoms with Gasteiger partial charge >= 0.3 is 0 Å². The van der Waals surface area contributed by atoms with E-state index in [-0.39, 0.29) is 5.91 Å². The Morgan fingerprint density at radius 2 is 1.80 bits per heavy atom. The fourth-order valence-electron chi connectivity index (χ4n) is 3.19. The zero-order valence-electron chi connectivity index (χ0n) is 16.7. The molecule has 0 radical (unpaired) electrons. The number of nitrogens with one attached hydrogen (secondary N) is 1. The van der Waals surface area contributed by atoms with E-state index in [0.717, 1.165) is 16.9 Å². The van der Waals surface area contributed by atoms with Crippen LogP contribution in [0.25, 0.3) is 0 Å². The van der Waals surface area contributed by atoms with Gasteiger partial charge in [-0.05, 0) is 25.0 Å². The van der Waals surface area contributed by atoms with Gasteiger partial charge in [-0.3, -0.25) is 10.1 Å². The van der Waals surface area contributed by atoms with E-state index in [1.165, 1.54) is 22.5 Å². The highest BCUT2D eigenvalue weighted by Crippen LogP contribution is 2.25. The van der Waals surface area contributed by atoms with Crippen LogP contribution in [0.2, 0.25) is 5.15 Å². The first kappa shape index (κ1) is 20.3. The van der Waals surface area contributed by atoms with Gasteiger partial charge in [0.1, 0.15) is 5.15 Å². The smallest absolute Gasteiger partial charge is 0.262 e. The molecule has 5 nitrogen and oxygen atoms in total. The molecule has 2 aromatic heterocycles. The number of rotatable bonds is 6. The molecule has 0 atom stereocenters. The Bertz CT molecular complexity index is 1170. The molecule has 0 aliphatic rings. The Hall–Kier alpha value is -2.96. The van der Waals surface area contributed by atoms with Gasteiger partial charge in [-0.2, -0.15) is 5.10 Å². The molecule has 0 fully saturated rings. The summed E-state index contributed by atoms with van der Waals surface area (Å²) in [6.07, 6.45) is 2.58. The highest BCUT2D eigenvalue weighted by molar-refractivity contribution is 7.15. The SMILES string of the molecule is Cc1ccc(Cc2cnc(NC(=O)c3c(C)nn(Cc4ccccc4)c3Cl)s2)cc1. The van der Waals surface area contributed by atoms with Crippen molar-refractivity contribution in [3.05, 3.63) is 98.8 Å². The number of halogens is 1. The summed E-state index contributed by atoms with van der Waals surface area (Å²) < 4.78 is 1.64. The largest absolute Gasteiger partial charge is 0.298 e. The molecular weight excluding hydrogens is 416 g/mol. The van der Waals surface area contributed by atoms with Crippen LogP contribution < -0.4 is 5.32 Å². The van der Waals surface area contributed by atoms with E-state index in [4.69, 9.17) is 11.6 Å². The van der Waals surface area contributed by atoms with Crippen LogP contribution >= 0.6 is 22.9 Å². The number of aromatic nitrogens is 3. The van der Waals surface area contributed by atoms with E-state index in [1.54, 1.807) is 17.8 Å². The molecule has 2 aromatic carbocycles. The lowest BCUT2D eigenvalue weighted by atomic mass is 10.1. The first-order valence-electron chi connectivity index (χ1n) is 9.58. The van der Waals surface area contributed by atoms with Crippen LogP contribution in [-0.4, -0.2) is 20.7 Å². The number of carbonyl (C=O) groups excluding carboxylic acids is 1. The highest BCUT2D eigenvalue weighted by Gasteiger charge is 2.21. The summed E-state index contributed by atoms with van der Waals surface area (Å²) in [5, 5.41) is 8.18. The van der Waals surface area contributed by atoms with E-state index in [2.05, 4.69) is 46.6 Å². The van der Waals surface area contributed by atoms with Gasteiger partial charge in [-0.1, -0.05) is 71.8 Å². The highest BCUT2D eigenvalue weighted by atomic mass is 35.5. The molecule has 0 unspecified atom stereocenters. The molecule has 152 valence electrons. The molecule has 4 rings (SSSR count). The summed E-state index contributed by atoms with van der Waals surface area (Å²) in [7, 11) is 0. The summed E-state index contributed by atoms with van der Waals surface area (Å²) in [4.78, 5) is 18.3. The van der Waals surface area contributed by atoms with Crippen molar-refractivity contribution >= 4 is 34.0 Å². The third-order valence-electron chi connectivity index (χ3n) is 4.74. The zero-order valence-corrected chi connectivity index (χ0v) is 18.3. The number of hydrogen-bond acceptors (Lipinski definition) is 4. The quantitative estimate of drug-likeness (QED) is 0.434. The minimum Gasteiger partial charge on any atom is -0.298 e. The van der Waals surface area contributed by atoms with Crippen LogP contribution in [0.5, 0.6) is 0 Å². The lowest BCUT2D eigenvalue weighted by molar-refractivity contribution is 0.102. The summed E-state index contributed by atoms with van der Waals surface area (Å²) in [6, 6.07) is 18.3. The monoisotopic (exact) mass is 436 g/mol. The average Bonchev–Trinajstić information content (AvgIpc) is 3.28. The van der Waals surface area contributed by atoms with Crippen molar-refractivity contribution in [2.24, 2.45) is 0 Å². The lowest BCUT2D eigenvalue weighted by Gasteiger charge is -2.04. The second-order valence-corrected chi connectivity index (χ2v) is 8.62. The molecule has 1 amide bonds. The standard InChI is InChI=1S/C23H21ClN4OS/c1-15-8-10-17(11-9-15)12-19-13-25-23(30-19)26-22(29)20-16(2)27-28(21(20)24)14-18-6-4-3-5-7-18/h3-11,13H,12,14H2,1-2H3,(H,25,26,29). The van der Waals surface area contributed by atoms with Crippen molar-refractivity contribution in [1.82, 2.24) is 14.8 Å². The second kappa shape index (κ2) is 8.81. The van der Waals surface area contributed by atoms with Crippen molar-refractivity contribution in [2.75, 3.05) is 5.32 Å². The molecule has 7 heteroatoms. The Labute approximate surface area is 184 Å².